The maximum atomic E-state index is 13.8. The van der Waals surface area contributed by atoms with E-state index in [1.165, 1.54) is 6.07 Å². The highest BCUT2D eigenvalue weighted by molar-refractivity contribution is 6.32. The van der Waals surface area contributed by atoms with E-state index in [1.807, 2.05) is 6.07 Å². The Morgan fingerprint density at radius 1 is 1.32 bits per heavy atom. The van der Waals surface area contributed by atoms with Crippen molar-refractivity contribution < 1.29 is 23.4 Å². The minimum absolute atomic E-state index is 0.00755. The topological polar surface area (TPSA) is 94.6 Å². The van der Waals surface area contributed by atoms with Crippen LogP contribution in [0.5, 0.6) is 5.75 Å². The van der Waals surface area contributed by atoms with Gasteiger partial charge in [-0.25, -0.2) is 9.18 Å². The van der Waals surface area contributed by atoms with E-state index >= 15 is 0 Å². The van der Waals surface area contributed by atoms with E-state index in [-0.39, 0.29) is 46.8 Å². The second-order valence-corrected chi connectivity index (χ2v) is 7.09. The van der Waals surface area contributed by atoms with Crippen molar-refractivity contribution in [3.05, 3.63) is 87.2 Å². The van der Waals surface area contributed by atoms with Crippen molar-refractivity contribution in [1.82, 2.24) is 0 Å². The number of esters is 1. The zero-order chi connectivity index (χ0) is 22.5. The molecule has 0 spiro atoms. The van der Waals surface area contributed by atoms with Crippen LogP contribution in [0.15, 0.2) is 65.3 Å². The Hall–Kier alpha value is -3.50. The largest absolute Gasteiger partial charge is 0.487 e. The molecule has 1 atom stereocenters. The molecule has 3 rings (SSSR count). The molecule has 8 heteroatoms. The highest BCUT2D eigenvalue weighted by Crippen LogP contribution is 2.41. The molecule has 1 unspecified atom stereocenters. The van der Waals surface area contributed by atoms with Crippen molar-refractivity contribution in [3.63, 3.8) is 0 Å². The van der Waals surface area contributed by atoms with Crippen LogP contribution in [-0.4, -0.2) is 12.6 Å². The molecule has 31 heavy (non-hydrogen) atoms. The highest BCUT2D eigenvalue weighted by atomic mass is 35.5. The van der Waals surface area contributed by atoms with Crippen LogP contribution in [0.4, 0.5) is 4.39 Å². The molecule has 1 aliphatic rings. The fourth-order valence-electron chi connectivity index (χ4n) is 3.27. The lowest BCUT2D eigenvalue weighted by molar-refractivity contribution is -0.139. The van der Waals surface area contributed by atoms with Crippen LogP contribution in [0.1, 0.15) is 30.9 Å². The van der Waals surface area contributed by atoms with Crippen LogP contribution in [0.2, 0.25) is 5.02 Å². The van der Waals surface area contributed by atoms with Crippen molar-refractivity contribution in [2.24, 2.45) is 5.73 Å². The van der Waals surface area contributed by atoms with Crippen LogP contribution in [0, 0.1) is 17.1 Å². The smallest absolute Gasteiger partial charge is 0.338 e. The van der Waals surface area contributed by atoms with E-state index in [4.69, 9.17) is 31.5 Å². The summed E-state index contributed by atoms with van der Waals surface area (Å²) in [5.41, 5.74) is 7.06. The standard InChI is InChI=1S/C23H20ClFN2O4/c1-3-29-23(28)20-13(2)31-22(27)16(11-26)21(20)14-8-9-19(17(24)10-14)30-12-15-6-4-5-7-18(15)25/h4-10,21H,3,12,27H2,1-2H3. The van der Waals surface area contributed by atoms with Gasteiger partial charge in [0.25, 0.3) is 0 Å². The maximum absolute atomic E-state index is 13.8. The molecule has 1 heterocycles. The second-order valence-electron chi connectivity index (χ2n) is 6.69. The Kier molecular flexibility index (Phi) is 6.83. The Bertz CT molecular complexity index is 1120. The molecule has 0 saturated heterocycles. The first-order valence-corrected chi connectivity index (χ1v) is 9.86. The molecule has 0 fully saturated rings. The van der Waals surface area contributed by atoms with E-state index in [2.05, 4.69) is 0 Å². The zero-order valence-electron chi connectivity index (χ0n) is 16.9. The number of allylic oxidation sites excluding steroid dienone is 2. The molecule has 0 bridgehead atoms. The Balaban J connectivity index is 1.94. The van der Waals surface area contributed by atoms with Gasteiger partial charge in [-0.15, -0.1) is 0 Å². The van der Waals surface area contributed by atoms with Gasteiger partial charge in [0.2, 0.25) is 5.88 Å². The molecular weight excluding hydrogens is 423 g/mol. The maximum Gasteiger partial charge on any atom is 0.338 e. The molecule has 6 nitrogen and oxygen atoms in total. The fraction of sp³-hybridized carbons (Fsp3) is 0.217. The summed E-state index contributed by atoms with van der Waals surface area (Å²) < 4.78 is 30.0. The number of halogens is 2. The highest BCUT2D eigenvalue weighted by Gasteiger charge is 2.36. The van der Waals surface area contributed by atoms with E-state index in [0.717, 1.165) is 0 Å². The van der Waals surface area contributed by atoms with E-state index in [0.29, 0.717) is 16.9 Å². The molecule has 0 saturated carbocycles. The first kappa shape index (κ1) is 22.2. The third-order valence-electron chi connectivity index (χ3n) is 4.73. The lowest BCUT2D eigenvalue weighted by atomic mass is 9.83. The Labute approximate surface area is 184 Å². The number of hydrogen-bond acceptors (Lipinski definition) is 6. The first-order valence-electron chi connectivity index (χ1n) is 9.48. The summed E-state index contributed by atoms with van der Waals surface area (Å²) in [6.07, 6.45) is 0. The number of nitriles is 1. The van der Waals surface area contributed by atoms with Crippen molar-refractivity contribution >= 4 is 17.6 Å². The molecule has 2 aromatic carbocycles. The molecule has 2 N–H and O–H groups in total. The number of carbonyl (C=O) groups excluding carboxylic acids is 1. The Morgan fingerprint density at radius 3 is 2.71 bits per heavy atom. The summed E-state index contributed by atoms with van der Waals surface area (Å²) in [5.74, 6) is -1.31. The van der Waals surface area contributed by atoms with E-state index in [1.54, 1.807) is 50.2 Å². The monoisotopic (exact) mass is 442 g/mol. The number of nitrogens with zero attached hydrogens (tertiary/aromatic N) is 1. The number of hydrogen-bond donors (Lipinski definition) is 1. The van der Waals surface area contributed by atoms with Gasteiger partial charge in [0.1, 0.15) is 35.6 Å². The normalized spacial score (nSPS) is 15.9. The molecule has 0 aromatic heterocycles. The second kappa shape index (κ2) is 9.54. The minimum Gasteiger partial charge on any atom is -0.487 e. The summed E-state index contributed by atoms with van der Waals surface area (Å²) in [6, 6.07) is 13.1. The summed E-state index contributed by atoms with van der Waals surface area (Å²) in [7, 11) is 0. The van der Waals surface area contributed by atoms with Crippen LogP contribution in [-0.2, 0) is 20.9 Å². The van der Waals surface area contributed by atoms with Crippen LogP contribution in [0.25, 0.3) is 0 Å². The van der Waals surface area contributed by atoms with Gasteiger partial charge in [-0.2, -0.15) is 5.26 Å². The minimum atomic E-state index is -0.809. The SMILES string of the molecule is CCOC(=O)C1=C(C)OC(N)=C(C#N)C1c1ccc(OCc2ccccc2F)c(Cl)c1. The van der Waals surface area contributed by atoms with Gasteiger partial charge in [-0.05, 0) is 37.6 Å². The number of ether oxygens (including phenoxy) is 3. The summed E-state index contributed by atoms with van der Waals surface area (Å²) in [5, 5.41) is 9.87. The van der Waals surface area contributed by atoms with Gasteiger partial charge in [-0.3, -0.25) is 0 Å². The van der Waals surface area contributed by atoms with Gasteiger partial charge in [-0.1, -0.05) is 35.9 Å². The number of carbonyl (C=O) groups is 1. The predicted molar refractivity (Wildman–Crippen MR) is 112 cm³/mol. The molecule has 2 aromatic rings. The molecular formula is C23H20ClFN2O4. The molecule has 1 aliphatic heterocycles. The van der Waals surface area contributed by atoms with Gasteiger partial charge in [0, 0.05) is 5.56 Å². The first-order chi connectivity index (χ1) is 14.9. The lowest BCUT2D eigenvalue weighted by Crippen LogP contribution is -2.25. The molecule has 0 amide bonds. The van der Waals surface area contributed by atoms with E-state index in [9.17, 15) is 14.4 Å². The number of rotatable bonds is 6. The summed E-state index contributed by atoms with van der Waals surface area (Å²) >= 11 is 6.39. The van der Waals surface area contributed by atoms with Crippen LogP contribution in [0.3, 0.4) is 0 Å². The predicted octanol–water partition coefficient (Wildman–Crippen LogP) is 4.70. The lowest BCUT2D eigenvalue weighted by Gasteiger charge is -2.27. The third-order valence-corrected chi connectivity index (χ3v) is 5.03. The summed E-state index contributed by atoms with van der Waals surface area (Å²) in [6.45, 7) is 3.41. The van der Waals surface area contributed by atoms with Gasteiger partial charge >= 0.3 is 5.97 Å². The van der Waals surface area contributed by atoms with Crippen molar-refractivity contribution in [2.75, 3.05) is 6.61 Å². The van der Waals surface area contributed by atoms with Gasteiger partial charge in [0.15, 0.2) is 0 Å². The average molecular weight is 443 g/mol. The third kappa shape index (κ3) is 4.65. The zero-order valence-corrected chi connectivity index (χ0v) is 17.7. The fourth-order valence-corrected chi connectivity index (χ4v) is 3.52. The van der Waals surface area contributed by atoms with Crippen molar-refractivity contribution in [3.8, 4) is 11.8 Å². The molecule has 160 valence electrons. The number of benzene rings is 2. The number of nitrogens with two attached hydrogens (primary N) is 1. The van der Waals surface area contributed by atoms with Crippen LogP contribution >= 0.6 is 11.6 Å². The Morgan fingerprint density at radius 2 is 2.06 bits per heavy atom. The average Bonchev–Trinajstić information content (AvgIpc) is 2.73. The molecule has 0 radical (unpaired) electrons. The van der Waals surface area contributed by atoms with Gasteiger partial charge in [0.05, 0.1) is 23.1 Å². The van der Waals surface area contributed by atoms with Crippen LogP contribution < -0.4 is 10.5 Å². The van der Waals surface area contributed by atoms with Crippen molar-refractivity contribution in [2.45, 2.75) is 26.4 Å². The quantitative estimate of drug-likeness (QED) is 0.651. The van der Waals surface area contributed by atoms with Crippen molar-refractivity contribution in [1.29, 1.82) is 5.26 Å². The molecule has 0 aliphatic carbocycles. The van der Waals surface area contributed by atoms with Gasteiger partial charge < -0.3 is 19.9 Å². The summed E-state index contributed by atoms with van der Waals surface area (Å²) in [4.78, 5) is 12.6. The van der Waals surface area contributed by atoms with E-state index < -0.39 is 11.9 Å².